The molecule has 1 aromatic carbocycles. The molecule has 0 aromatic heterocycles. The summed E-state index contributed by atoms with van der Waals surface area (Å²) < 4.78 is 1.04. The molecular formula is C14H18BrClN2. The highest BCUT2D eigenvalue weighted by molar-refractivity contribution is 9.10. The van der Waals surface area contributed by atoms with Crippen molar-refractivity contribution < 1.29 is 0 Å². The molecule has 0 bridgehead atoms. The topological polar surface area (TPSA) is 15.3 Å². The quantitative estimate of drug-likeness (QED) is 0.914. The first kappa shape index (κ1) is 12.9. The third-order valence-corrected chi connectivity index (χ3v) is 5.02. The van der Waals surface area contributed by atoms with Crippen LogP contribution in [0.15, 0.2) is 22.7 Å². The van der Waals surface area contributed by atoms with Gasteiger partial charge in [0.1, 0.15) is 0 Å². The van der Waals surface area contributed by atoms with Crippen molar-refractivity contribution in [1.82, 2.24) is 10.2 Å². The number of nitrogens with one attached hydrogen (secondary N) is 1. The van der Waals surface area contributed by atoms with Gasteiger partial charge in [-0.25, -0.2) is 0 Å². The van der Waals surface area contributed by atoms with Gasteiger partial charge in [-0.2, -0.15) is 0 Å². The maximum atomic E-state index is 6.25. The van der Waals surface area contributed by atoms with E-state index >= 15 is 0 Å². The zero-order chi connectivity index (χ0) is 12.5. The highest BCUT2D eigenvalue weighted by Gasteiger charge is 2.36. The van der Waals surface area contributed by atoms with Crippen LogP contribution in [0.5, 0.6) is 0 Å². The molecule has 2 heterocycles. The molecule has 0 amide bonds. The van der Waals surface area contributed by atoms with Crippen molar-refractivity contribution in [2.75, 3.05) is 13.1 Å². The van der Waals surface area contributed by atoms with Gasteiger partial charge in [0.25, 0.3) is 0 Å². The normalized spacial score (nSPS) is 27.7. The van der Waals surface area contributed by atoms with Gasteiger partial charge >= 0.3 is 0 Å². The van der Waals surface area contributed by atoms with Crippen LogP contribution in [-0.4, -0.2) is 30.1 Å². The molecule has 2 fully saturated rings. The van der Waals surface area contributed by atoms with E-state index in [2.05, 4.69) is 38.3 Å². The lowest BCUT2D eigenvalue weighted by molar-refractivity contribution is 0.298. The third kappa shape index (κ3) is 2.60. The van der Waals surface area contributed by atoms with Gasteiger partial charge in [-0.1, -0.05) is 33.6 Å². The Balaban J connectivity index is 1.61. The van der Waals surface area contributed by atoms with Gasteiger partial charge in [-0.15, -0.1) is 0 Å². The Hall–Kier alpha value is -0.0900. The molecule has 4 heteroatoms. The fourth-order valence-electron chi connectivity index (χ4n) is 3.23. The number of halogens is 2. The Morgan fingerprint density at radius 1 is 1.33 bits per heavy atom. The SMILES string of the molecule is Clc1cc(Br)ccc1CNC1CCN2CCCC12. The van der Waals surface area contributed by atoms with Gasteiger partial charge in [-0.05, 0) is 43.5 Å². The number of hydrogen-bond donors (Lipinski definition) is 1. The van der Waals surface area contributed by atoms with Crippen molar-refractivity contribution in [2.24, 2.45) is 0 Å². The lowest BCUT2D eigenvalue weighted by atomic mass is 10.1. The molecule has 2 atom stereocenters. The van der Waals surface area contributed by atoms with Crippen LogP contribution < -0.4 is 5.32 Å². The molecule has 2 aliphatic rings. The minimum atomic E-state index is 0.646. The van der Waals surface area contributed by atoms with Crippen LogP contribution in [0.25, 0.3) is 0 Å². The van der Waals surface area contributed by atoms with Gasteiger partial charge in [0, 0.05) is 34.7 Å². The van der Waals surface area contributed by atoms with E-state index in [1.165, 1.54) is 37.9 Å². The number of rotatable bonds is 3. The predicted octanol–water partition coefficient (Wildman–Crippen LogP) is 3.43. The first-order valence-electron chi connectivity index (χ1n) is 6.65. The van der Waals surface area contributed by atoms with Gasteiger partial charge in [0.15, 0.2) is 0 Å². The van der Waals surface area contributed by atoms with Crippen LogP contribution in [0.1, 0.15) is 24.8 Å². The molecule has 2 nitrogen and oxygen atoms in total. The standard InChI is InChI=1S/C14H18BrClN2/c15-11-4-3-10(12(16)8-11)9-17-13-5-7-18-6-1-2-14(13)18/h3-4,8,13-14,17H,1-2,5-7,9H2. The second kappa shape index (κ2) is 5.49. The molecule has 2 unspecified atom stereocenters. The minimum Gasteiger partial charge on any atom is -0.308 e. The molecule has 0 radical (unpaired) electrons. The van der Waals surface area contributed by atoms with Gasteiger partial charge in [0.05, 0.1) is 0 Å². The fraction of sp³-hybridized carbons (Fsp3) is 0.571. The summed E-state index contributed by atoms with van der Waals surface area (Å²) in [4.78, 5) is 2.63. The average molecular weight is 330 g/mol. The van der Waals surface area contributed by atoms with E-state index in [-0.39, 0.29) is 0 Å². The van der Waals surface area contributed by atoms with E-state index in [0.717, 1.165) is 22.1 Å². The van der Waals surface area contributed by atoms with Crippen LogP contribution in [0.3, 0.4) is 0 Å². The van der Waals surface area contributed by atoms with E-state index in [4.69, 9.17) is 11.6 Å². The summed E-state index contributed by atoms with van der Waals surface area (Å²) in [5.74, 6) is 0. The van der Waals surface area contributed by atoms with Crippen molar-refractivity contribution in [3.63, 3.8) is 0 Å². The Bertz CT molecular complexity index is 438. The number of fused-ring (bicyclic) bond motifs is 1. The Morgan fingerprint density at radius 3 is 3.06 bits per heavy atom. The van der Waals surface area contributed by atoms with E-state index in [1.54, 1.807) is 0 Å². The molecule has 2 aliphatic heterocycles. The molecule has 0 spiro atoms. The van der Waals surface area contributed by atoms with Gasteiger partial charge in [-0.3, -0.25) is 4.90 Å². The van der Waals surface area contributed by atoms with Crippen molar-refractivity contribution in [1.29, 1.82) is 0 Å². The Kier molecular flexibility index (Phi) is 3.94. The summed E-state index contributed by atoms with van der Waals surface area (Å²) >= 11 is 9.68. The summed E-state index contributed by atoms with van der Waals surface area (Å²) in [6.07, 6.45) is 3.99. The summed E-state index contributed by atoms with van der Waals surface area (Å²) in [7, 11) is 0. The number of hydrogen-bond acceptors (Lipinski definition) is 2. The zero-order valence-electron chi connectivity index (χ0n) is 10.3. The van der Waals surface area contributed by atoms with Crippen molar-refractivity contribution in [2.45, 2.75) is 37.9 Å². The van der Waals surface area contributed by atoms with Crippen LogP contribution in [-0.2, 0) is 6.54 Å². The molecule has 0 saturated carbocycles. The summed E-state index contributed by atoms with van der Waals surface area (Å²) in [6, 6.07) is 7.53. The molecule has 98 valence electrons. The summed E-state index contributed by atoms with van der Waals surface area (Å²) in [5, 5.41) is 4.53. The van der Waals surface area contributed by atoms with E-state index in [0.29, 0.717) is 6.04 Å². The van der Waals surface area contributed by atoms with E-state index in [9.17, 15) is 0 Å². The summed E-state index contributed by atoms with van der Waals surface area (Å²) in [6.45, 7) is 3.43. The maximum absolute atomic E-state index is 6.25. The van der Waals surface area contributed by atoms with Crippen LogP contribution in [0.2, 0.25) is 5.02 Å². The third-order valence-electron chi connectivity index (χ3n) is 4.18. The van der Waals surface area contributed by atoms with Crippen molar-refractivity contribution in [3.05, 3.63) is 33.3 Å². The van der Waals surface area contributed by atoms with E-state index < -0.39 is 0 Å². The number of nitrogens with zero attached hydrogens (tertiary/aromatic N) is 1. The zero-order valence-corrected chi connectivity index (χ0v) is 12.7. The molecule has 3 rings (SSSR count). The van der Waals surface area contributed by atoms with Gasteiger partial charge in [0.2, 0.25) is 0 Å². The highest BCUT2D eigenvalue weighted by atomic mass is 79.9. The highest BCUT2D eigenvalue weighted by Crippen LogP contribution is 2.28. The molecule has 1 aromatic rings. The van der Waals surface area contributed by atoms with E-state index in [1.807, 2.05) is 6.07 Å². The molecule has 2 saturated heterocycles. The van der Waals surface area contributed by atoms with Crippen LogP contribution in [0.4, 0.5) is 0 Å². The van der Waals surface area contributed by atoms with Crippen molar-refractivity contribution in [3.8, 4) is 0 Å². The largest absolute Gasteiger partial charge is 0.308 e. The molecule has 0 aliphatic carbocycles. The van der Waals surface area contributed by atoms with Gasteiger partial charge < -0.3 is 5.32 Å². The first-order chi connectivity index (χ1) is 8.74. The second-order valence-electron chi connectivity index (χ2n) is 5.26. The number of benzene rings is 1. The van der Waals surface area contributed by atoms with Crippen molar-refractivity contribution >= 4 is 27.5 Å². The minimum absolute atomic E-state index is 0.646. The Morgan fingerprint density at radius 2 is 2.22 bits per heavy atom. The Labute approximate surface area is 122 Å². The smallest absolute Gasteiger partial charge is 0.0462 e. The first-order valence-corrected chi connectivity index (χ1v) is 7.82. The lowest BCUT2D eigenvalue weighted by Gasteiger charge is -2.21. The van der Waals surface area contributed by atoms with Crippen LogP contribution >= 0.6 is 27.5 Å². The fourth-order valence-corrected chi connectivity index (χ4v) is 3.97. The molecule has 18 heavy (non-hydrogen) atoms. The molecular weight excluding hydrogens is 312 g/mol. The van der Waals surface area contributed by atoms with Crippen LogP contribution in [0, 0.1) is 0 Å². The maximum Gasteiger partial charge on any atom is 0.0462 e. The summed E-state index contributed by atoms with van der Waals surface area (Å²) in [5.41, 5.74) is 1.19. The average Bonchev–Trinajstić information content (AvgIpc) is 2.91. The predicted molar refractivity (Wildman–Crippen MR) is 79.0 cm³/mol. The second-order valence-corrected chi connectivity index (χ2v) is 6.58. The molecule has 1 N–H and O–H groups in total. The lowest BCUT2D eigenvalue weighted by Crippen LogP contribution is -2.38. The monoisotopic (exact) mass is 328 g/mol.